The molecule has 3 nitrogen and oxygen atoms in total. The fraction of sp³-hybridized carbons (Fsp3) is 0.278. The third kappa shape index (κ3) is 3.92. The van der Waals surface area contributed by atoms with Gasteiger partial charge in [-0.05, 0) is 60.7 Å². The van der Waals surface area contributed by atoms with E-state index < -0.39 is 5.97 Å². The molecule has 0 aromatic heterocycles. The molecule has 2 N–H and O–H groups in total. The predicted molar refractivity (Wildman–Crippen MR) is 84.6 cm³/mol. The molecule has 0 aliphatic rings. The second kappa shape index (κ2) is 6.55. The SMILES string of the molecule is Cc1cc(C)c(CNCc2ccc(C(=O)O)cc2)cc1C. The van der Waals surface area contributed by atoms with Crippen LogP contribution in [-0.2, 0) is 13.1 Å². The van der Waals surface area contributed by atoms with Gasteiger partial charge in [0.2, 0.25) is 0 Å². The lowest BCUT2D eigenvalue weighted by Crippen LogP contribution is -2.14. The Morgan fingerprint density at radius 1 is 0.952 bits per heavy atom. The number of benzene rings is 2. The summed E-state index contributed by atoms with van der Waals surface area (Å²) in [6.45, 7) is 7.93. The van der Waals surface area contributed by atoms with Gasteiger partial charge in [0.25, 0.3) is 0 Å². The summed E-state index contributed by atoms with van der Waals surface area (Å²) < 4.78 is 0. The highest BCUT2D eigenvalue weighted by atomic mass is 16.4. The standard InChI is InChI=1S/C18H21NO2/c1-12-8-14(3)17(9-13(12)2)11-19-10-15-4-6-16(7-5-15)18(20)21/h4-9,19H,10-11H2,1-3H3,(H,20,21). The van der Waals surface area contributed by atoms with Crippen LogP contribution in [0.5, 0.6) is 0 Å². The number of carboxylic acid groups (broad SMARTS) is 1. The van der Waals surface area contributed by atoms with Crippen molar-refractivity contribution in [1.82, 2.24) is 5.32 Å². The van der Waals surface area contributed by atoms with Crippen molar-refractivity contribution in [2.45, 2.75) is 33.9 Å². The van der Waals surface area contributed by atoms with Crippen molar-refractivity contribution in [2.75, 3.05) is 0 Å². The van der Waals surface area contributed by atoms with Gasteiger partial charge in [0.15, 0.2) is 0 Å². The molecule has 0 saturated carbocycles. The van der Waals surface area contributed by atoms with Gasteiger partial charge in [-0.15, -0.1) is 0 Å². The van der Waals surface area contributed by atoms with E-state index in [1.807, 2.05) is 12.1 Å². The van der Waals surface area contributed by atoms with E-state index in [4.69, 9.17) is 5.11 Å². The normalized spacial score (nSPS) is 10.6. The van der Waals surface area contributed by atoms with Crippen LogP contribution in [0.25, 0.3) is 0 Å². The molecule has 0 bridgehead atoms. The maximum Gasteiger partial charge on any atom is 0.335 e. The zero-order valence-electron chi connectivity index (χ0n) is 12.7. The van der Waals surface area contributed by atoms with Crippen LogP contribution >= 0.6 is 0 Å². The van der Waals surface area contributed by atoms with Crippen LogP contribution in [0, 0.1) is 20.8 Å². The minimum Gasteiger partial charge on any atom is -0.478 e. The lowest BCUT2D eigenvalue weighted by atomic mass is 10.0. The summed E-state index contributed by atoms with van der Waals surface area (Å²) in [5, 5.41) is 12.3. The predicted octanol–water partition coefficient (Wildman–Crippen LogP) is 3.60. The van der Waals surface area contributed by atoms with Crippen LogP contribution in [0.4, 0.5) is 0 Å². The Bertz CT molecular complexity index is 645. The molecule has 2 aromatic rings. The molecule has 3 heteroatoms. The Kier molecular flexibility index (Phi) is 4.76. The van der Waals surface area contributed by atoms with Gasteiger partial charge in [-0.1, -0.05) is 24.3 Å². The molecule has 0 aliphatic heterocycles. The Labute approximate surface area is 125 Å². The number of carboxylic acids is 1. The monoisotopic (exact) mass is 283 g/mol. The minimum atomic E-state index is -0.889. The van der Waals surface area contributed by atoms with E-state index >= 15 is 0 Å². The molecule has 0 aliphatic carbocycles. The van der Waals surface area contributed by atoms with E-state index in [1.54, 1.807) is 12.1 Å². The molecule has 0 amide bonds. The third-order valence-electron chi connectivity index (χ3n) is 3.80. The third-order valence-corrected chi connectivity index (χ3v) is 3.80. The molecule has 2 rings (SSSR count). The zero-order chi connectivity index (χ0) is 15.4. The number of aryl methyl sites for hydroxylation is 3. The first-order chi connectivity index (χ1) is 9.97. The zero-order valence-corrected chi connectivity index (χ0v) is 12.7. The van der Waals surface area contributed by atoms with Crippen LogP contribution in [0.15, 0.2) is 36.4 Å². The number of nitrogens with one attached hydrogen (secondary N) is 1. The van der Waals surface area contributed by atoms with E-state index in [9.17, 15) is 4.79 Å². The highest BCUT2D eigenvalue weighted by molar-refractivity contribution is 5.87. The lowest BCUT2D eigenvalue weighted by molar-refractivity contribution is 0.0697. The van der Waals surface area contributed by atoms with Crippen LogP contribution in [0.3, 0.4) is 0 Å². The van der Waals surface area contributed by atoms with Crippen molar-refractivity contribution in [3.05, 3.63) is 69.8 Å². The molecule has 2 aromatic carbocycles. The van der Waals surface area contributed by atoms with Crippen molar-refractivity contribution in [1.29, 1.82) is 0 Å². The van der Waals surface area contributed by atoms with Gasteiger partial charge in [-0.3, -0.25) is 0 Å². The summed E-state index contributed by atoms with van der Waals surface area (Å²) in [7, 11) is 0. The Hall–Kier alpha value is -2.13. The Morgan fingerprint density at radius 2 is 1.57 bits per heavy atom. The molecular formula is C18H21NO2. The van der Waals surface area contributed by atoms with Crippen LogP contribution in [0.2, 0.25) is 0 Å². The van der Waals surface area contributed by atoms with Gasteiger partial charge >= 0.3 is 5.97 Å². The van der Waals surface area contributed by atoms with Gasteiger partial charge in [0.05, 0.1) is 5.56 Å². The smallest absolute Gasteiger partial charge is 0.335 e. The Morgan fingerprint density at radius 3 is 2.19 bits per heavy atom. The number of carbonyl (C=O) groups is 1. The van der Waals surface area contributed by atoms with Gasteiger partial charge in [-0.25, -0.2) is 4.79 Å². The van der Waals surface area contributed by atoms with Gasteiger partial charge in [-0.2, -0.15) is 0 Å². The largest absolute Gasteiger partial charge is 0.478 e. The van der Waals surface area contributed by atoms with E-state index in [0.717, 1.165) is 18.7 Å². The van der Waals surface area contributed by atoms with Gasteiger partial charge in [0, 0.05) is 13.1 Å². The van der Waals surface area contributed by atoms with Crippen molar-refractivity contribution in [3.8, 4) is 0 Å². The maximum absolute atomic E-state index is 10.8. The van der Waals surface area contributed by atoms with E-state index in [-0.39, 0.29) is 0 Å². The molecular weight excluding hydrogens is 262 g/mol. The van der Waals surface area contributed by atoms with Gasteiger partial charge in [0.1, 0.15) is 0 Å². The summed E-state index contributed by atoms with van der Waals surface area (Å²) in [6, 6.07) is 11.4. The molecule has 0 saturated heterocycles. The molecule has 0 radical (unpaired) electrons. The number of hydrogen-bond donors (Lipinski definition) is 2. The van der Waals surface area contributed by atoms with Gasteiger partial charge < -0.3 is 10.4 Å². The molecule has 0 atom stereocenters. The number of aromatic carboxylic acids is 1. The number of hydrogen-bond acceptors (Lipinski definition) is 2. The van der Waals surface area contributed by atoms with E-state index in [2.05, 4.69) is 38.2 Å². The summed E-state index contributed by atoms with van der Waals surface area (Å²) >= 11 is 0. The quantitative estimate of drug-likeness (QED) is 0.881. The van der Waals surface area contributed by atoms with E-state index in [1.165, 1.54) is 22.3 Å². The summed E-state index contributed by atoms with van der Waals surface area (Å²) in [6.07, 6.45) is 0. The molecule has 0 spiro atoms. The van der Waals surface area contributed by atoms with Crippen molar-refractivity contribution in [3.63, 3.8) is 0 Å². The summed E-state index contributed by atoms with van der Waals surface area (Å²) in [5.41, 5.74) is 6.64. The molecule has 0 fully saturated rings. The van der Waals surface area contributed by atoms with Crippen molar-refractivity contribution in [2.24, 2.45) is 0 Å². The average Bonchev–Trinajstić information content (AvgIpc) is 2.45. The van der Waals surface area contributed by atoms with Crippen LogP contribution in [0.1, 0.15) is 38.2 Å². The first-order valence-electron chi connectivity index (χ1n) is 7.07. The first-order valence-corrected chi connectivity index (χ1v) is 7.07. The molecule has 0 unspecified atom stereocenters. The maximum atomic E-state index is 10.8. The second-order valence-corrected chi connectivity index (χ2v) is 5.47. The highest BCUT2D eigenvalue weighted by Crippen LogP contribution is 2.15. The fourth-order valence-electron chi connectivity index (χ4n) is 2.32. The van der Waals surface area contributed by atoms with E-state index in [0.29, 0.717) is 5.56 Å². The van der Waals surface area contributed by atoms with Crippen LogP contribution in [-0.4, -0.2) is 11.1 Å². The van der Waals surface area contributed by atoms with Crippen LogP contribution < -0.4 is 5.32 Å². The number of rotatable bonds is 5. The second-order valence-electron chi connectivity index (χ2n) is 5.47. The minimum absolute atomic E-state index is 0.323. The lowest BCUT2D eigenvalue weighted by Gasteiger charge is -2.11. The summed E-state index contributed by atoms with van der Waals surface area (Å²) in [5.74, 6) is -0.889. The summed E-state index contributed by atoms with van der Waals surface area (Å²) in [4.78, 5) is 10.8. The average molecular weight is 283 g/mol. The molecule has 110 valence electrons. The highest BCUT2D eigenvalue weighted by Gasteiger charge is 2.03. The topological polar surface area (TPSA) is 49.3 Å². The fourth-order valence-corrected chi connectivity index (χ4v) is 2.32. The molecule has 0 heterocycles. The Balaban J connectivity index is 1.95. The first kappa shape index (κ1) is 15.3. The molecule has 21 heavy (non-hydrogen) atoms. The van der Waals surface area contributed by atoms with Crippen molar-refractivity contribution >= 4 is 5.97 Å². The van der Waals surface area contributed by atoms with Crippen molar-refractivity contribution < 1.29 is 9.90 Å².